The van der Waals surface area contributed by atoms with Crippen molar-refractivity contribution < 1.29 is 10.2 Å². The molecule has 0 radical (unpaired) electrons. The molecule has 0 aromatic heterocycles. The summed E-state index contributed by atoms with van der Waals surface area (Å²) in [6, 6.07) is 7.77. The third kappa shape index (κ3) is 2.51. The fraction of sp³-hybridized carbons (Fsp3) is 0. The van der Waals surface area contributed by atoms with Crippen LogP contribution in [0, 0.1) is 10.1 Å². The summed E-state index contributed by atoms with van der Waals surface area (Å²) in [4.78, 5) is 9.98. The lowest BCUT2D eigenvalue weighted by Crippen LogP contribution is -2.24. The predicted octanol–water partition coefficient (Wildman–Crippen LogP) is -0.110. The molecule has 0 aliphatic rings. The van der Waals surface area contributed by atoms with E-state index in [1.54, 1.807) is 18.2 Å². The molecule has 0 atom stereocenters. The molecule has 0 unspecified atom stereocenters. The van der Waals surface area contributed by atoms with Gasteiger partial charge in [0.05, 0.1) is 0 Å². The van der Waals surface area contributed by atoms with Crippen LogP contribution >= 0.6 is 0 Å². The Balaban J connectivity index is 0.00000121. The van der Waals surface area contributed by atoms with Crippen LogP contribution in [-0.2, 0) is 0 Å². The SMILES string of the molecule is O=[N+]([O-])N(O)c1ccccc1.[AlH3]. The molecule has 0 heterocycles. The summed E-state index contributed by atoms with van der Waals surface area (Å²) >= 11 is 0. The molecule has 0 bridgehead atoms. The second-order valence-electron chi connectivity index (χ2n) is 1.86. The smallest absolute Gasteiger partial charge is 0.192 e. The molecule has 0 aliphatic carbocycles. The highest BCUT2D eigenvalue weighted by molar-refractivity contribution is 5.75. The van der Waals surface area contributed by atoms with Gasteiger partial charge in [-0.3, -0.25) is 0 Å². The molecule has 0 fully saturated rings. The van der Waals surface area contributed by atoms with E-state index < -0.39 is 5.03 Å². The second-order valence-corrected chi connectivity index (χ2v) is 1.86. The van der Waals surface area contributed by atoms with Crippen LogP contribution in [0.2, 0.25) is 0 Å². The number of para-hydroxylation sites is 1. The molecule has 12 heavy (non-hydrogen) atoms. The molecule has 1 N–H and O–H groups in total. The lowest BCUT2D eigenvalue weighted by atomic mass is 10.3. The Kier molecular flexibility index (Phi) is 4.29. The summed E-state index contributed by atoms with van der Waals surface area (Å²) in [5.41, 5.74) is 0.137. The lowest BCUT2D eigenvalue weighted by Gasteiger charge is -2.03. The average Bonchev–Trinajstić information content (AvgIpc) is 2.05. The minimum absolute atomic E-state index is 0. The van der Waals surface area contributed by atoms with Gasteiger partial charge in [0, 0.05) is 5.17 Å². The molecule has 1 aromatic carbocycles. The van der Waals surface area contributed by atoms with Crippen molar-refractivity contribution in [2.24, 2.45) is 0 Å². The first kappa shape index (κ1) is 10.9. The van der Waals surface area contributed by atoms with Crippen molar-refractivity contribution >= 4 is 23.0 Å². The highest BCUT2D eigenvalue weighted by atomic mass is 27.0. The lowest BCUT2D eigenvalue weighted by molar-refractivity contribution is -0.541. The number of hydrogen-bond donors (Lipinski definition) is 1. The van der Waals surface area contributed by atoms with E-state index >= 15 is 0 Å². The molecule has 6 heteroatoms. The minimum atomic E-state index is -0.907. The quantitative estimate of drug-likeness (QED) is 0.395. The van der Waals surface area contributed by atoms with Crippen molar-refractivity contribution in [2.75, 3.05) is 5.17 Å². The van der Waals surface area contributed by atoms with Gasteiger partial charge < -0.3 is 0 Å². The first-order chi connectivity index (χ1) is 5.22. The largest absolute Gasteiger partial charge is 0.232 e. The van der Waals surface area contributed by atoms with Crippen LogP contribution in [0.15, 0.2) is 30.3 Å². The van der Waals surface area contributed by atoms with Crippen LogP contribution in [0.4, 0.5) is 5.69 Å². The van der Waals surface area contributed by atoms with E-state index in [0.717, 1.165) is 0 Å². The van der Waals surface area contributed by atoms with E-state index in [9.17, 15) is 10.1 Å². The van der Waals surface area contributed by atoms with Gasteiger partial charge in [-0.15, -0.1) is 0 Å². The maximum atomic E-state index is 9.98. The van der Waals surface area contributed by atoms with Crippen LogP contribution < -0.4 is 5.17 Å². The van der Waals surface area contributed by atoms with Crippen molar-refractivity contribution in [1.82, 2.24) is 0 Å². The molecule has 64 valence electrons. The summed E-state index contributed by atoms with van der Waals surface area (Å²) < 4.78 is 0. The molecule has 0 saturated heterocycles. The van der Waals surface area contributed by atoms with E-state index in [1.807, 2.05) is 0 Å². The van der Waals surface area contributed by atoms with Crippen LogP contribution in [0.3, 0.4) is 0 Å². The van der Waals surface area contributed by atoms with Crippen LogP contribution in [0.25, 0.3) is 0 Å². The number of nitro groups is 1. The van der Waals surface area contributed by atoms with E-state index in [-0.39, 0.29) is 28.2 Å². The minimum Gasteiger partial charge on any atom is -0.232 e. The third-order valence-electron chi connectivity index (χ3n) is 1.14. The zero-order valence-corrected chi connectivity index (χ0v) is 5.54. The summed E-state index contributed by atoms with van der Waals surface area (Å²) in [5.74, 6) is 0. The van der Waals surface area contributed by atoms with Gasteiger partial charge in [0.25, 0.3) is 0 Å². The van der Waals surface area contributed by atoms with Crippen LogP contribution in [-0.4, -0.2) is 27.6 Å². The number of benzene rings is 1. The van der Waals surface area contributed by atoms with Crippen molar-refractivity contribution in [3.05, 3.63) is 40.4 Å². The molecule has 5 nitrogen and oxygen atoms in total. The van der Waals surface area contributed by atoms with Gasteiger partial charge >= 0.3 is 0 Å². The van der Waals surface area contributed by atoms with Crippen LogP contribution in [0.1, 0.15) is 0 Å². The number of hydrogen-bond acceptors (Lipinski definition) is 3. The topological polar surface area (TPSA) is 66.6 Å². The Morgan fingerprint density at radius 3 is 2.25 bits per heavy atom. The Labute approximate surface area is 79.4 Å². The monoisotopic (exact) mass is 184 g/mol. The summed E-state index contributed by atoms with van der Waals surface area (Å²) in [6.45, 7) is 0. The fourth-order valence-electron chi connectivity index (χ4n) is 0.656. The fourth-order valence-corrected chi connectivity index (χ4v) is 0.656. The number of nitrogens with zero attached hydrogens (tertiary/aromatic N) is 2. The number of hydrazine groups is 1. The zero-order chi connectivity index (χ0) is 8.27. The molecular weight excluding hydrogens is 175 g/mol. The van der Waals surface area contributed by atoms with Gasteiger partial charge in [-0.1, -0.05) is 18.2 Å². The number of rotatable bonds is 2. The van der Waals surface area contributed by atoms with Gasteiger partial charge in [-0.2, -0.15) is 0 Å². The van der Waals surface area contributed by atoms with Gasteiger partial charge in [0.2, 0.25) is 0 Å². The Hall–Kier alpha value is -1.09. The van der Waals surface area contributed by atoms with Crippen molar-refractivity contribution in [3.8, 4) is 0 Å². The highest BCUT2D eigenvalue weighted by Gasteiger charge is 2.11. The van der Waals surface area contributed by atoms with Crippen molar-refractivity contribution in [2.45, 2.75) is 0 Å². The molecule has 0 spiro atoms. The normalized spacial score (nSPS) is 8.42. The number of anilines is 1. The van der Waals surface area contributed by atoms with E-state index in [4.69, 9.17) is 5.21 Å². The maximum Gasteiger partial charge on any atom is 0.192 e. The zero-order valence-electron chi connectivity index (χ0n) is 5.54. The summed E-state index contributed by atoms with van der Waals surface area (Å²) in [5, 5.41) is 17.8. The molecule has 1 aromatic rings. The van der Waals surface area contributed by atoms with E-state index in [2.05, 4.69) is 0 Å². The van der Waals surface area contributed by atoms with Gasteiger partial charge in [0.15, 0.2) is 22.4 Å². The second kappa shape index (κ2) is 4.72. The molecule has 1 rings (SSSR count). The molecular formula is C6H9AlN2O3. The van der Waals surface area contributed by atoms with E-state index in [0.29, 0.717) is 0 Å². The Morgan fingerprint density at radius 2 is 1.83 bits per heavy atom. The molecule has 0 amide bonds. The average molecular weight is 184 g/mol. The maximum absolute atomic E-state index is 9.98. The predicted molar refractivity (Wildman–Crippen MR) is 47.6 cm³/mol. The Bertz CT molecular complexity index is 254. The standard InChI is InChI=1S/C6H6N2O3.Al.3H/c9-7(8(10)11)6-4-2-1-3-5-6;;;;/h1-5,9H;;;;. The Morgan fingerprint density at radius 1 is 1.33 bits per heavy atom. The first-order valence-corrected chi connectivity index (χ1v) is 2.90. The third-order valence-corrected chi connectivity index (χ3v) is 1.14. The van der Waals surface area contributed by atoms with Crippen molar-refractivity contribution in [1.29, 1.82) is 0 Å². The van der Waals surface area contributed by atoms with Gasteiger partial charge in [-0.25, -0.2) is 15.3 Å². The van der Waals surface area contributed by atoms with Gasteiger partial charge in [0.1, 0.15) is 5.69 Å². The van der Waals surface area contributed by atoms with Crippen LogP contribution in [0.5, 0.6) is 0 Å². The molecule has 0 aliphatic heterocycles. The summed E-state index contributed by atoms with van der Waals surface area (Å²) in [7, 11) is 0. The first-order valence-electron chi connectivity index (χ1n) is 2.90. The summed E-state index contributed by atoms with van der Waals surface area (Å²) in [6.07, 6.45) is 0. The van der Waals surface area contributed by atoms with Gasteiger partial charge in [-0.05, 0) is 12.1 Å². The highest BCUT2D eigenvalue weighted by Crippen LogP contribution is 2.09. The van der Waals surface area contributed by atoms with Crippen molar-refractivity contribution in [3.63, 3.8) is 0 Å². The van der Waals surface area contributed by atoms with E-state index in [1.165, 1.54) is 12.1 Å². The molecule has 0 saturated carbocycles.